The van der Waals surface area contributed by atoms with Crippen molar-refractivity contribution in [1.82, 2.24) is 9.55 Å². The maximum absolute atomic E-state index is 12.9. The second-order valence-electron chi connectivity index (χ2n) is 6.44. The van der Waals surface area contributed by atoms with Gasteiger partial charge < -0.3 is 9.47 Å². The average Bonchev–Trinajstić information content (AvgIpc) is 3.22. The minimum Gasteiger partial charge on any atom is -0.495 e. The zero-order valence-electron chi connectivity index (χ0n) is 16.6. The Kier molecular flexibility index (Phi) is 6.54. The molecule has 0 saturated carbocycles. The van der Waals surface area contributed by atoms with Crippen LogP contribution in [0.4, 0.5) is 14.5 Å². The van der Waals surface area contributed by atoms with Crippen molar-refractivity contribution in [2.45, 2.75) is 25.0 Å². The van der Waals surface area contributed by atoms with Gasteiger partial charge in [0, 0.05) is 18.1 Å². The second kappa shape index (κ2) is 9.13. The number of rotatable bonds is 8. The Hall–Kier alpha value is -3.47. The monoisotopic (exact) mass is 451 g/mol. The first kappa shape index (κ1) is 22.2. The van der Waals surface area contributed by atoms with Crippen molar-refractivity contribution in [1.29, 1.82) is 0 Å². The third-order valence-electron chi connectivity index (χ3n) is 4.28. The van der Waals surface area contributed by atoms with E-state index in [-0.39, 0.29) is 22.0 Å². The molecular weight excluding hydrogens is 432 g/mol. The van der Waals surface area contributed by atoms with E-state index in [1.54, 1.807) is 24.3 Å². The maximum Gasteiger partial charge on any atom is 0.338 e. The molecule has 1 heterocycles. The lowest BCUT2D eigenvalue weighted by Crippen LogP contribution is -2.16. The number of nitrogens with zero attached hydrogens (tertiary/aromatic N) is 2. The smallest absolute Gasteiger partial charge is 0.338 e. The van der Waals surface area contributed by atoms with Crippen molar-refractivity contribution in [3.8, 4) is 5.75 Å². The fraction of sp³-hybridized carbons (Fsp3) is 0.200. The van der Waals surface area contributed by atoms with Gasteiger partial charge in [-0.25, -0.2) is 18.2 Å². The Labute approximate surface area is 177 Å². The van der Waals surface area contributed by atoms with Gasteiger partial charge in [-0.05, 0) is 37.3 Å². The number of ether oxygens (including phenoxy) is 2. The lowest BCUT2D eigenvalue weighted by atomic mass is 10.2. The number of aryl methyl sites for hydroxylation is 1. The van der Waals surface area contributed by atoms with Crippen LogP contribution in [0.5, 0.6) is 5.75 Å². The van der Waals surface area contributed by atoms with Crippen LogP contribution in [0, 0.1) is 6.92 Å². The molecule has 2 aromatic carbocycles. The third kappa shape index (κ3) is 5.18. The van der Waals surface area contributed by atoms with Gasteiger partial charge in [-0.2, -0.15) is 8.78 Å². The first-order chi connectivity index (χ1) is 14.7. The highest BCUT2D eigenvalue weighted by Gasteiger charge is 2.23. The van der Waals surface area contributed by atoms with Crippen molar-refractivity contribution in [3.05, 3.63) is 71.8 Å². The molecule has 0 radical (unpaired) electrons. The van der Waals surface area contributed by atoms with Crippen LogP contribution >= 0.6 is 0 Å². The first-order valence-electron chi connectivity index (χ1n) is 8.96. The lowest BCUT2D eigenvalue weighted by molar-refractivity contribution is 0.0376. The van der Waals surface area contributed by atoms with Gasteiger partial charge in [-0.1, -0.05) is 17.7 Å². The zero-order valence-corrected chi connectivity index (χ0v) is 17.4. The molecule has 0 fully saturated rings. The summed E-state index contributed by atoms with van der Waals surface area (Å²) in [5, 5.41) is 0. The average molecular weight is 451 g/mol. The van der Waals surface area contributed by atoms with E-state index >= 15 is 0 Å². The Morgan fingerprint density at radius 2 is 1.90 bits per heavy atom. The number of hydrogen-bond donors (Lipinski definition) is 1. The van der Waals surface area contributed by atoms with Crippen LogP contribution in [0.25, 0.3) is 0 Å². The van der Waals surface area contributed by atoms with Gasteiger partial charge in [0.1, 0.15) is 17.3 Å². The zero-order chi connectivity index (χ0) is 22.6. The molecule has 0 spiro atoms. The summed E-state index contributed by atoms with van der Waals surface area (Å²) < 4.78 is 64.6. The number of carbonyl (C=O) groups is 1. The Balaban J connectivity index is 1.83. The Morgan fingerprint density at radius 3 is 2.55 bits per heavy atom. The Bertz CT molecular complexity index is 1180. The maximum atomic E-state index is 12.9. The van der Waals surface area contributed by atoms with Crippen LogP contribution in [0.2, 0.25) is 0 Å². The molecule has 0 atom stereocenters. The van der Waals surface area contributed by atoms with Crippen LogP contribution in [0.3, 0.4) is 0 Å². The van der Waals surface area contributed by atoms with E-state index in [0.717, 1.165) is 24.0 Å². The molecule has 0 bridgehead atoms. The summed E-state index contributed by atoms with van der Waals surface area (Å²) in [4.78, 5) is 15.8. The van der Waals surface area contributed by atoms with Crippen LogP contribution in [-0.4, -0.2) is 31.0 Å². The number of imidazole rings is 1. The number of alkyl halides is 2. The molecule has 0 aliphatic rings. The molecule has 164 valence electrons. The number of benzene rings is 2. The molecule has 0 amide bonds. The largest absolute Gasteiger partial charge is 0.495 e. The van der Waals surface area contributed by atoms with E-state index in [2.05, 4.69) is 9.71 Å². The van der Waals surface area contributed by atoms with Crippen LogP contribution in [0.1, 0.15) is 28.3 Å². The molecule has 31 heavy (non-hydrogen) atoms. The normalized spacial score (nSPS) is 11.4. The SMILES string of the molecule is COc1ccc(C(=O)OCc2nccn2C(F)F)cc1S(=O)(=O)Nc1ccc(C)cc1. The molecule has 0 unspecified atom stereocenters. The van der Waals surface area contributed by atoms with Gasteiger partial charge in [0.15, 0.2) is 5.82 Å². The van der Waals surface area contributed by atoms with Crippen LogP contribution in [-0.2, 0) is 21.4 Å². The highest BCUT2D eigenvalue weighted by Crippen LogP contribution is 2.27. The number of hydrogen-bond acceptors (Lipinski definition) is 6. The highest BCUT2D eigenvalue weighted by atomic mass is 32.2. The minimum atomic E-state index is -4.10. The van der Waals surface area contributed by atoms with Crippen molar-refractivity contribution < 1.29 is 31.5 Å². The van der Waals surface area contributed by atoms with Crippen molar-refractivity contribution in [3.63, 3.8) is 0 Å². The van der Waals surface area contributed by atoms with E-state index in [0.29, 0.717) is 10.3 Å². The summed E-state index contributed by atoms with van der Waals surface area (Å²) in [5.74, 6) is -1.03. The molecule has 8 nitrogen and oxygen atoms in total. The van der Waals surface area contributed by atoms with Gasteiger partial charge >= 0.3 is 12.5 Å². The van der Waals surface area contributed by atoms with Crippen LogP contribution in [0.15, 0.2) is 59.8 Å². The molecule has 1 aromatic heterocycles. The number of anilines is 1. The molecule has 0 aliphatic heterocycles. The molecule has 1 N–H and O–H groups in total. The van der Waals surface area contributed by atoms with Gasteiger partial charge in [-0.15, -0.1) is 0 Å². The third-order valence-corrected chi connectivity index (χ3v) is 5.69. The summed E-state index contributed by atoms with van der Waals surface area (Å²) in [6.45, 7) is -1.47. The lowest BCUT2D eigenvalue weighted by Gasteiger charge is -2.13. The summed E-state index contributed by atoms with van der Waals surface area (Å²) in [6, 6.07) is 10.4. The molecule has 3 rings (SSSR count). The van der Waals surface area contributed by atoms with Crippen LogP contribution < -0.4 is 9.46 Å². The first-order valence-corrected chi connectivity index (χ1v) is 10.4. The second-order valence-corrected chi connectivity index (χ2v) is 8.09. The van der Waals surface area contributed by atoms with Gasteiger partial charge in [-0.3, -0.25) is 9.29 Å². The summed E-state index contributed by atoms with van der Waals surface area (Å²) in [7, 11) is -2.81. The fourth-order valence-electron chi connectivity index (χ4n) is 2.69. The summed E-state index contributed by atoms with van der Waals surface area (Å²) >= 11 is 0. The number of carbonyl (C=O) groups excluding carboxylic acids is 1. The van der Waals surface area contributed by atoms with E-state index in [1.165, 1.54) is 19.2 Å². The van der Waals surface area contributed by atoms with Gasteiger partial charge in [0.25, 0.3) is 10.0 Å². The number of aromatic nitrogens is 2. The quantitative estimate of drug-likeness (QED) is 0.524. The van der Waals surface area contributed by atoms with E-state index in [4.69, 9.17) is 9.47 Å². The molecular formula is C20H19F2N3O5S. The van der Waals surface area contributed by atoms with Gasteiger partial charge in [0.05, 0.1) is 12.7 Å². The number of halogens is 2. The molecule has 3 aromatic rings. The summed E-state index contributed by atoms with van der Waals surface area (Å²) in [6.07, 6.45) is 2.22. The molecule has 0 aliphatic carbocycles. The fourth-order valence-corrected chi connectivity index (χ4v) is 3.95. The number of sulfonamides is 1. The highest BCUT2D eigenvalue weighted by molar-refractivity contribution is 7.92. The number of esters is 1. The van der Waals surface area contributed by atoms with Crippen molar-refractivity contribution in [2.75, 3.05) is 11.8 Å². The van der Waals surface area contributed by atoms with Crippen molar-refractivity contribution >= 4 is 21.7 Å². The Morgan fingerprint density at radius 1 is 1.19 bits per heavy atom. The predicted octanol–water partition coefficient (Wildman–Crippen LogP) is 3.75. The number of nitrogens with one attached hydrogen (secondary N) is 1. The molecule has 11 heteroatoms. The van der Waals surface area contributed by atoms with E-state index in [9.17, 15) is 22.0 Å². The predicted molar refractivity (Wildman–Crippen MR) is 108 cm³/mol. The standard InChI is InChI=1S/C20H19F2N3O5S/c1-13-3-6-15(7-4-13)24-31(27,28)17-11-14(5-8-16(17)29-2)19(26)30-12-18-23-9-10-25(18)20(21)22/h3-11,20,24H,12H2,1-2H3. The van der Waals surface area contributed by atoms with Gasteiger partial charge in [0.2, 0.25) is 0 Å². The minimum absolute atomic E-state index is 0.0180. The van der Waals surface area contributed by atoms with E-state index in [1.807, 2.05) is 6.92 Å². The number of methoxy groups -OCH3 is 1. The summed E-state index contributed by atoms with van der Waals surface area (Å²) in [5.41, 5.74) is 1.19. The van der Waals surface area contributed by atoms with E-state index < -0.39 is 29.1 Å². The topological polar surface area (TPSA) is 99.5 Å². The van der Waals surface area contributed by atoms with Crippen molar-refractivity contribution in [2.24, 2.45) is 0 Å². The molecule has 0 saturated heterocycles.